The van der Waals surface area contributed by atoms with E-state index < -0.39 is 5.91 Å². The Kier molecular flexibility index (Phi) is 3.54. The van der Waals surface area contributed by atoms with Crippen LogP contribution in [0.1, 0.15) is 42.5 Å². The van der Waals surface area contributed by atoms with E-state index in [0.717, 1.165) is 23.8 Å². The molecule has 4 nitrogen and oxygen atoms in total. The molecular weight excluding hydrogens is 252 g/mol. The van der Waals surface area contributed by atoms with Crippen LogP contribution >= 0.6 is 0 Å². The quantitative estimate of drug-likeness (QED) is 0.911. The molecule has 0 bridgehead atoms. The van der Waals surface area contributed by atoms with E-state index in [4.69, 9.17) is 10.2 Å². The van der Waals surface area contributed by atoms with Crippen LogP contribution in [0.3, 0.4) is 0 Å². The average molecular weight is 270 g/mol. The molecule has 4 heteroatoms. The number of amides is 1. The maximum Gasteiger partial charge on any atom is 0.254 e. The fourth-order valence-corrected chi connectivity index (χ4v) is 2.72. The molecule has 104 valence electrons. The van der Waals surface area contributed by atoms with Crippen LogP contribution in [0, 0.1) is 0 Å². The van der Waals surface area contributed by atoms with Gasteiger partial charge in [0, 0.05) is 5.39 Å². The van der Waals surface area contributed by atoms with Crippen molar-refractivity contribution in [2.24, 2.45) is 10.7 Å². The maximum absolute atomic E-state index is 11.6. The summed E-state index contributed by atoms with van der Waals surface area (Å²) < 4.78 is 5.79. The number of nitrogens with two attached hydrogens (primary N) is 1. The summed E-state index contributed by atoms with van der Waals surface area (Å²) in [5, 5.41) is 0.865. The van der Waals surface area contributed by atoms with Gasteiger partial charge in [-0.05, 0) is 25.0 Å². The van der Waals surface area contributed by atoms with Gasteiger partial charge in [0.05, 0.1) is 6.04 Å². The summed E-state index contributed by atoms with van der Waals surface area (Å²) in [4.78, 5) is 16.2. The molecule has 20 heavy (non-hydrogen) atoms. The lowest BCUT2D eigenvalue weighted by Gasteiger charge is -2.17. The number of carbonyl (C=O) groups is 1. The summed E-state index contributed by atoms with van der Waals surface area (Å²) >= 11 is 0. The molecule has 3 rings (SSSR count). The molecule has 1 amide bonds. The largest absolute Gasteiger partial charge is 0.438 e. The fraction of sp³-hybridized carbons (Fsp3) is 0.375. The molecule has 1 heterocycles. The number of fused-ring (bicyclic) bond motifs is 1. The van der Waals surface area contributed by atoms with Gasteiger partial charge in [-0.1, -0.05) is 37.5 Å². The average Bonchev–Trinajstić information content (AvgIpc) is 2.47. The number of carbonyl (C=O) groups excluding carboxylic acids is 1. The first-order valence-corrected chi connectivity index (χ1v) is 7.10. The Morgan fingerprint density at radius 1 is 1.20 bits per heavy atom. The second-order valence-electron chi connectivity index (χ2n) is 5.29. The van der Waals surface area contributed by atoms with Crippen LogP contribution < -0.4 is 11.3 Å². The zero-order chi connectivity index (χ0) is 13.9. The summed E-state index contributed by atoms with van der Waals surface area (Å²) in [7, 11) is 0. The predicted octanol–water partition coefficient (Wildman–Crippen LogP) is 2.77. The Labute approximate surface area is 117 Å². The molecule has 1 saturated carbocycles. The number of para-hydroxylation sites is 1. The van der Waals surface area contributed by atoms with Crippen LogP contribution in [0.4, 0.5) is 0 Å². The van der Waals surface area contributed by atoms with Gasteiger partial charge in [-0.25, -0.2) is 4.99 Å². The summed E-state index contributed by atoms with van der Waals surface area (Å²) in [6, 6.07) is 9.59. The molecule has 2 N–H and O–H groups in total. The van der Waals surface area contributed by atoms with Crippen molar-refractivity contribution in [1.82, 2.24) is 0 Å². The highest BCUT2D eigenvalue weighted by molar-refractivity contribution is 5.95. The van der Waals surface area contributed by atoms with E-state index >= 15 is 0 Å². The van der Waals surface area contributed by atoms with E-state index in [2.05, 4.69) is 4.99 Å². The van der Waals surface area contributed by atoms with E-state index in [1.54, 1.807) is 6.07 Å². The van der Waals surface area contributed by atoms with Crippen molar-refractivity contribution in [3.8, 4) is 0 Å². The lowest BCUT2D eigenvalue weighted by Crippen LogP contribution is -2.24. The molecule has 0 radical (unpaired) electrons. The summed E-state index contributed by atoms with van der Waals surface area (Å²) in [6.45, 7) is 0. The van der Waals surface area contributed by atoms with Crippen molar-refractivity contribution < 1.29 is 9.21 Å². The van der Waals surface area contributed by atoms with Gasteiger partial charge in [-0.15, -0.1) is 0 Å². The Hall–Kier alpha value is -2.10. The molecule has 1 fully saturated rings. The second-order valence-corrected chi connectivity index (χ2v) is 5.29. The third-order valence-corrected chi connectivity index (χ3v) is 3.80. The SMILES string of the molecule is NC(=O)c1cc2ccccc2oc1=NC1CCCCC1. The highest BCUT2D eigenvalue weighted by Crippen LogP contribution is 2.20. The van der Waals surface area contributed by atoms with Gasteiger partial charge in [-0.3, -0.25) is 4.79 Å². The number of benzene rings is 1. The number of hydrogen-bond acceptors (Lipinski definition) is 3. The van der Waals surface area contributed by atoms with Gasteiger partial charge in [0.1, 0.15) is 11.1 Å². The smallest absolute Gasteiger partial charge is 0.254 e. The van der Waals surface area contributed by atoms with Crippen molar-refractivity contribution >= 4 is 16.9 Å². The minimum Gasteiger partial charge on any atom is -0.438 e. The lowest BCUT2D eigenvalue weighted by molar-refractivity contribution is 0.0996. The molecule has 0 atom stereocenters. The molecule has 0 spiro atoms. The second kappa shape index (κ2) is 5.49. The molecule has 0 saturated heterocycles. The Morgan fingerprint density at radius 3 is 2.70 bits per heavy atom. The molecule has 1 aromatic heterocycles. The minimum absolute atomic E-state index is 0.242. The van der Waals surface area contributed by atoms with E-state index in [9.17, 15) is 4.79 Å². The molecular formula is C16H18N2O2. The minimum atomic E-state index is -0.492. The molecule has 1 aromatic carbocycles. The first kappa shape index (κ1) is 12.9. The van der Waals surface area contributed by atoms with Crippen LogP contribution in [0.15, 0.2) is 39.7 Å². The Bertz CT molecular complexity index is 697. The normalized spacial score (nSPS) is 17.5. The summed E-state index contributed by atoms with van der Waals surface area (Å²) in [5.74, 6) is -0.492. The van der Waals surface area contributed by atoms with E-state index in [1.807, 2.05) is 24.3 Å². The third kappa shape index (κ3) is 2.59. The van der Waals surface area contributed by atoms with Crippen molar-refractivity contribution in [3.63, 3.8) is 0 Å². The monoisotopic (exact) mass is 270 g/mol. The highest BCUT2D eigenvalue weighted by Gasteiger charge is 2.14. The molecule has 0 aliphatic heterocycles. The first-order chi connectivity index (χ1) is 9.74. The van der Waals surface area contributed by atoms with E-state index in [0.29, 0.717) is 11.1 Å². The topological polar surface area (TPSA) is 68.6 Å². The van der Waals surface area contributed by atoms with Gasteiger partial charge in [0.25, 0.3) is 5.91 Å². The molecule has 0 unspecified atom stereocenters. The zero-order valence-corrected chi connectivity index (χ0v) is 11.3. The molecule has 1 aliphatic rings. The maximum atomic E-state index is 11.6. The fourth-order valence-electron chi connectivity index (χ4n) is 2.72. The number of primary amides is 1. The van der Waals surface area contributed by atoms with Crippen LogP contribution in [0.2, 0.25) is 0 Å². The standard InChI is InChI=1S/C16H18N2O2/c17-15(19)13-10-11-6-4-5-9-14(11)20-16(13)18-12-7-2-1-3-8-12/h4-6,9-10,12H,1-3,7-8H2,(H2,17,19). The first-order valence-electron chi connectivity index (χ1n) is 7.10. The van der Waals surface area contributed by atoms with Crippen molar-refractivity contribution in [1.29, 1.82) is 0 Å². The molecule has 1 aliphatic carbocycles. The van der Waals surface area contributed by atoms with Gasteiger partial charge in [0.15, 0.2) is 0 Å². The third-order valence-electron chi connectivity index (χ3n) is 3.80. The Balaban J connectivity index is 2.13. The van der Waals surface area contributed by atoms with Crippen molar-refractivity contribution in [3.05, 3.63) is 41.4 Å². The van der Waals surface area contributed by atoms with Gasteiger partial charge < -0.3 is 10.2 Å². The lowest BCUT2D eigenvalue weighted by atomic mass is 9.96. The van der Waals surface area contributed by atoms with Gasteiger partial charge in [0.2, 0.25) is 5.55 Å². The summed E-state index contributed by atoms with van der Waals surface area (Å²) in [5.41, 5.74) is 6.93. The molecule has 2 aromatic rings. The van der Waals surface area contributed by atoms with Crippen LogP contribution in [-0.2, 0) is 0 Å². The van der Waals surface area contributed by atoms with Crippen molar-refractivity contribution in [2.75, 3.05) is 0 Å². The number of rotatable bonds is 2. The van der Waals surface area contributed by atoms with Crippen molar-refractivity contribution in [2.45, 2.75) is 38.1 Å². The number of nitrogens with zero attached hydrogens (tertiary/aromatic N) is 1. The van der Waals surface area contributed by atoms with Gasteiger partial charge in [-0.2, -0.15) is 0 Å². The Morgan fingerprint density at radius 2 is 1.95 bits per heavy atom. The summed E-state index contributed by atoms with van der Waals surface area (Å²) in [6.07, 6.45) is 5.76. The van der Waals surface area contributed by atoms with Crippen LogP contribution in [0.25, 0.3) is 11.0 Å². The predicted molar refractivity (Wildman–Crippen MR) is 77.2 cm³/mol. The number of hydrogen-bond donors (Lipinski definition) is 1. The van der Waals surface area contributed by atoms with Gasteiger partial charge >= 0.3 is 0 Å². The van der Waals surface area contributed by atoms with Crippen LogP contribution in [-0.4, -0.2) is 11.9 Å². The highest BCUT2D eigenvalue weighted by atomic mass is 16.3. The van der Waals surface area contributed by atoms with E-state index in [1.165, 1.54) is 19.3 Å². The zero-order valence-electron chi connectivity index (χ0n) is 11.3. The van der Waals surface area contributed by atoms with E-state index in [-0.39, 0.29) is 6.04 Å². The van der Waals surface area contributed by atoms with Crippen LogP contribution in [0.5, 0.6) is 0 Å².